The number of aromatic nitrogens is 1. The van der Waals surface area contributed by atoms with Crippen LogP contribution in [0.3, 0.4) is 0 Å². The van der Waals surface area contributed by atoms with Gasteiger partial charge in [0.1, 0.15) is 29.1 Å². The number of para-hydroxylation sites is 1. The Labute approximate surface area is 242 Å². The summed E-state index contributed by atoms with van der Waals surface area (Å²) in [4.78, 5) is 6.66. The molecule has 1 aliphatic heterocycles. The SMILES string of the molecule is Cc1ccccc1Oc1ccc(N2C(=S)N[C@H](c3ccccn3)[C@H]2c2ccc(-c3cccc(Cl)c3Cl)o2)cc1. The lowest BCUT2D eigenvalue weighted by molar-refractivity contribution is 0.439. The number of anilines is 1. The second-order valence-electron chi connectivity index (χ2n) is 9.16. The number of aryl methyl sites for hydroxylation is 1. The average molecular weight is 573 g/mol. The lowest BCUT2D eigenvalue weighted by atomic mass is 10.0. The molecular weight excluding hydrogens is 549 g/mol. The highest BCUT2D eigenvalue weighted by Crippen LogP contribution is 2.44. The summed E-state index contributed by atoms with van der Waals surface area (Å²) in [6.45, 7) is 2.02. The van der Waals surface area contributed by atoms with Crippen LogP contribution >= 0.6 is 35.4 Å². The first-order chi connectivity index (χ1) is 19.0. The highest BCUT2D eigenvalue weighted by molar-refractivity contribution is 7.80. The molecule has 0 bridgehead atoms. The van der Waals surface area contributed by atoms with Gasteiger partial charge in [-0.1, -0.05) is 53.5 Å². The van der Waals surface area contributed by atoms with E-state index in [4.69, 9.17) is 44.6 Å². The minimum atomic E-state index is -0.303. The minimum Gasteiger partial charge on any atom is -0.459 e. The molecule has 5 nitrogen and oxygen atoms in total. The van der Waals surface area contributed by atoms with E-state index in [1.54, 1.807) is 12.3 Å². The van der Waals surface area contributed by atoms with Gasteiger partial charge in [-0.15, -0.1) is 0 Å². The van der Waals surface area contributed by atoms with E-state index in [0.29, 0.717) is 26.7 Å². The second-order valence-corrected chi connectivity index (χ2v) is 10.3. The van der Waals surface area contributed by atoms with Gasteiger partial charge in [-0.05, 0) is 91.4 Å². The number of halogens is 2. The van der Waals surface area contributed by atoms with Crippen LogP contribution in [0.4, 0.5) is 5.69 Å². The summed E-state index contributed by atoms with van der Waals surface area (Å²) in [5.74, 6) is 2.89. The van der Waals surface area contributed by atoms with E-state index < -0.39 is 0 Å². The van der Waals surface area contributed by atoms with E-state index in [1.165, 1.54) is 0 Å². The van der Waals surface area contributed by atoms with Crippen LogP contribution in [0.2, 0.25) is 10.0 Å². The molecule has 1 aliphatic rings. The fourth-order valence-electron chi connectivity index (χ4n) is 4.75. The molecule has 0 radical (unpaired) electrons. The topological polar surface area (TPSA) is 50.5 Å². The molecule has 6 rings (SSSR count). The smallest absolute Gasteiger partial charge is 0.174 e. The fourth-order valence-corrected chi connectivity index (χ4v) is 5.48. The monoisotopic (exact) mass is 571 g/mol. The van der Waals surface area contributed by atoms with Crippen LogP contribution in [-0.4, -0.2) is 10.1 Å². The lowest BCUT2D eigenvalue weighted by Gasteiger charge is -2.26. The summed E-state index contributed by atoms with van der Waals surface area (Å²) in [6.07, 6.45) is 1.77. The third-order valence-electron chi connectivity index (χ3n) is 6.67. The lowest BCUT2D eigenvalue weighted by Crippen LogP contribution is -2.29. The molecule has 2 aromatic heterocycles. The Morgan fingerprint density at radius 3 is 2.46 bits per heavy atom. The molecule has 1 fully saturated rings. The third-order valence-corrected chi connectivity index (χ3v) is 7.80. The minimum absolute atomic E-state index is 0.240. The number of furan rings is 1. The van der Waals surface area contributed by atoms with Crippen molar-refractivity contribution in [2.75, 3.05) is 4.90 Å². The van der Waals surface area contributed by atoms with Crippen LogP contribution in [0.15, 0.2) is 108 Å². The Morgan fingerprint density at radius 2 is 1.69 bits per heavy atom. The van der Waals surface area contributed by atoms with Crippen LogP contribution in [-0.2, 0) is 0 Å². The van der Waals surface area contributed by atoms with Gasteiger partial charge < -0.3 is 19.4 Å². The van der Waals surface area contributed by atoms with E-state index in [-0.39, 0.29) is 12.1 Å². The van der Waals surface area contributed by atoms with Crippen molar-refractivity contribution in [1.29, 1.82) is 0 Å². The first kappa shape index (κ1) is 25.4. The number of ether oxygens (including phenoxy) is 1. The highest BCUT2D eigenvalue weighted by Gasteiger charge is 2.42. The number of hydrogen-bond donors (Lipinski definition) is 1. The van der Waals surface area contributed by atoms with Crippen molar-refractivity contribution >= 4 is 46.2 Å². The summed E-state index contributed by atoms with van der Waals surface area (Å²) in [5, 5.41) is 4.94. The number of rotatable bonds is 6. The number of pyridine rings is 1. The van der Waals surface area contributed by atoms with Gasteiger partial charge in [0.2, 0.25) is 0 Å². The molecule has 0 unspecified atom stereocenters. The summed E-state index contributed by atoms with van der Waals surface area (Å²) in [5.41, 5.74) is 3.54. The molecule has 194 valence electrons. The van der Waals surface area contributed by atoms with Gasteiger partial charge in [-0.25, -0.2) is 0 Å². The van der Waals surface area contributed by atoms with Crippen molar-refractivity contribution in [1.82, 2.24) is 10.3 Å². The van der Waals surface area contributed by atoms with Gasteiger partial charge in [0.05, 0.1) is 21.8 Å². The number of hydrogen-bond acceptors (Lipinski definition) is 4. The number of nitrogens with one attached hydrogen (secondary N) is 1. The number of thiocarbonyl (C=S) groups is 1. The van der Waals surface area contributed by atoms with Crippen LogP contribution < -0.4 is 15.0 Å². The third kappa shape index (κ3) is 4.99. The molecule has 2 atom stereocenters. The van der Waals surface area contributed by atoms with Gasteiger partial charge >= 0.3 is 0 Å². The van der Waals surface area contributed by atoms with Gasteiger partial charge in [-0.2, -0.15) is 0 Å². The molecule has 0 spiro atoms. The van der Waals surface area contributed by atoms with Crippen molar-refractivity contribution in [3.05, 3.63) is 130 Å². The Bertz CT molecular complexity index is 1640. The van der Waals surface area contributed by atoms with Crippen LogP contribution in [0.25, 0.3) is 11.3 Å². The van der Waals surface area contributed by atoms with E-state index in [2.05, 4.69) is 15.2 Å². The van der Waals surface area contributed by atoms with Gasteiger partial charge in [-0.3, -0.25) is 4.98 Å². The maximum atomic E-state index is 6.49. The van der Waals surface area contributed by atoms with E-state index in [0.717, 1.165) is 34.0 Å². The number of nitrogens with zero attached hydrogens (tertiary/aromatic N) is 2. The molecule has 0 aliphatic carbocycles. The molecule has 39 heavy (non-hydrogen) atoms. The normalized spacial score (nSPS) is 16.8. The van der Waals surface area contributed by atoms with Crippen molar-refractivity contribution in [2.24, 2.45) is 0 Å². The van der Waals surface area contributed by atoms with Crippen molar-refractivity contribution in [3.8, 4) is 22.8 Å². The fraction of sp³-hybridized carbons (Fsp3) is 0.0968. The maximum absolute atomic E-state index is 6.49. The standard InChI is InChI=1S/C31H23Cl2N3O2S/c1-19-7-2-3-11-25(19)37-21-14-12-20(13-15-21)36-30(29(35-31(36)39)24-10-4-5-18-34-24)27-17-16-26(38-27)22-8-6-9-23(32)28(22)33/h2-18,29-30H,1H3,(H,35,39)/t29-,30-/m1/s1. The van der Waals surface area contributed by atoms with E-state index >= 15 is 0 Å². The largest absolute Gasteiger partial charge is 0.459 e. The van der Waals surface area contributed by atoms with Crippen molar-refractivity contribution < 1.29 is 9.15 Å². The van der Waals surface area contributed by atoms with Crippen LogP contribution in [0.1, 0.15) is 29.1 Å². The zero-order valence-electron chi connectivity index (χ0n) is 20.8. The zero-order chi connectivity index (χ0) is 26.9. The molecule has 3 heterocycles. The van der Waals surface area contributed by atoms with Crippen LogP contribution in [0, 0.1) is 6.92 Å². The van der Waals surface area contributed by atoms with Crippen molar-refractivity contribution in [3.63, 3.8) is 0 Å². The Balaban J connectivity index is 1.37. The maximum Gasteiger partial charge on any atom is 0.174 e. The first-order valence-corrected chi connectivity index (χ1v) is 13.5. The predicted molar refractivity (Wildman–Crippen MR) is 160 cm³/mol. The van der Waals surface area contributed by atoms with Gasteiger partial charge in [0, 0.05) is 17.4 Å². The van der Waals surface area contributed by atoms with E-state index in [9.17, 15) is 0 Å². The summed E-state index contributed by atoms with van der Waals surface area (Å²) in [6, 6.07) is 30.4. The molecule has 5 aromatic rings. The first-order valence-electron chi connectivity index (χ1n) is 12.4. The Morgan fingerprint density at radius 1 is 0.897 bits per heavy atom. The summed E-state index contributed by atoms with van der Waals surface area (Å²) < 4.78 is 12.5. The Hall–Kier alpha value is -3.84. The second kappa shape index (κ2) is 10.7. The molecule has 8 heteroatoms. The van der Waals surface area contributed by atoms with Crippen molar-refractivity contribution in [2.45, 2.75) is 19.0 Å². The molecule has 0 saturated carbocycles. The zero-order valence-corrected chi connectivity index (χ0v) is 23.2. The summed E-state index contributed by atoms with van der Waals surface area (Å²) in [7, 11) is 0. The van der Waals surface area contributed by atoms with Crippen LogP contribution in [0.5, 0.6) is 11.5 Å². The average Bonchev–Trinajstić information content (AvgIpc) is 3.57. The predicted octanol–water partition coefficient (Wildman–Crippen LogP) is 8.93. The van der Waals surface area contributed by atoms with Gasteiger partial charge in [0.25, 0.3) is 0 Å². The molecule has 0 amide bonds. The quantitative estimate of drug-likeness (QED) is 0.205. The molecule has 3 aromatic carbocycles. The van der Waals surface area contributed by atoms with Gasteiger partial charge in [0.15, 0.2) is 5.11 Å². The Kier molecular flexibility index (Phi) is 7.00. The van der Waals surface area contributed by atoms with E-state index in [1.807, 2.05) is 97.9 Å². The summed E-state index contributed by atoms with van der Waals surface area (Å²) >= 11 is 18.6. The molecule has 1 saturated heterocycles. The molecular formula is C31H23Cl2N3O2S. The highest BCUT2D eigenvalue weighted by atomic mass is 35.5. The molecule has 1 N–H and O–H groups in total. The number of benzene rings is 3.